The number of hydrogen-bond acceptors (Lipinski definition) is 5. The van der Waals surface area contributed by atoms with Crippen molar-refractivity contribution in [2.24, 2.45) is 0 Å². The summed E-state index contributed by atoms with van der Waals surface area (Å²) in [5.41, 5.74) is 1.50. The highest BCUT2D eigenvalue weighted by Gasteiger charge is 2.42. The Balaban J connectivity index is 1.51. The largest absolute Gasteiger partial charge is 0.369 e. The number of amides is 1. The number of ether oxygens (including phenoxy) is 1. The monoisotopic (exact) mass is 338 g/mol. The summed E-state index contributed by atoms with van der Waals surface area (Å²) in [6.45, 7) is 3.63. The van der Waals surface area contributed by atoms with E-state index in [9.17, 15) is 4.79 Å². The fourth-order valence-corrected chi connectivity index (χ4v) is 3.80. The van der Waals surface area contributed by atoms with Crippen molar-refractivity contribution in [3.05, 3.63) is 54.6 Å². The van der Waals surface area contributed by atoms with Crippen molar-refractivity contribution in [3.8, 4) is 0 Å². The summed E-state index contributed by atoms with van der Waals surface area (Å²) in [6.07, 6.45) is 9.02. The maximum Gasteiger partial charge on any atom is 0.254 e. The van der Waals surface area contributed by atoms with Crippen molar-refractivity contribution in [1.82, 2.24) is 14.9 Å². The summed E-state index contributed by atoms with van der Waals surface area (Å²) >= 11 is 0. The highest BCUT2D eigenvalue weighted by Crippen LogP contribution is 2.31. The standard InChI is InChI=1S/C19H22N4O2/c24-18(16-4-8-20-9-5-16)23-11-12-25-19(15-23)6-2-10-22(14-19)17-3-1-7-21-13-17/h1,3-5,7-9,13H,2,6,10-12,14-15H2/t19-/m1/s1. The van der Waals surface area contributed by atoms with Crippen LogP contribution in [0.4, 0.5) is 5.69 Å². The molecule has 0 N–H and O–H groups in total. The first-order valence-corrected chi connectivity index (χ1v) is 8.74. The molecule has 2 aromatic heterocycles. The van der Waals surface area contributed by atoms with Crippen molar-refractivity contribution >= 4 is 11.6 Å². The molecule has 25 heavy (non-hydrogen) atoms. The first-order valence-electron chi connectivity index (χ1n) is 8.74. The van der Waals surface area contributed by atoms with E-state index in [1.807, 2.05) is 17.2 Å². The van der Waals surface area contributed by atoms with Gasteiger partial charge >= 0.3 is 0 Å². The van der Waals surface area contributed by atoms with Gasteiger partial charge in [-0.05, 0) is 37.1 Å². The van der Waals surface area contributed by atoms with E-state index >= 15 is 0 Å². The van der Waals surface area contributed by atoms with Gasteiger partial charge in [0, 0.05) is 43.8 Å². The summed E-state index contributed by atoms with van der Waals surface area (Å²) in [6, 6.07) is 7.58. The summed E-state index contributed by atoms with van der Waals surface area (Å²) in [5, 5.41) is 0. The Kier molecular flexibility index (Phi) is 4.36. The molecule has 0 bridgehead atoms. The molecule has 0 aliphatic carbocycles. The van der Waals surface area contributed by atoms with Gasteiger partial charge in [0.05, 0.1) is 25.0 Å². The van der Waals surface area contributed by atoms with Gasteiger partial charge in [-0.25, -0.2) is 0 Å². The average Bonchev–Trinajstić information content (AvgIpc) is 2.69. The molecular formula is C19H22N4O2. The number of carbonyl (C=O) groups excluding carboxylic acids is 1. The molecule has 0 saturated carbocycles. The summed E-state index contributed by atoms with van der Waals surface area (Å²) in [5.74, 6) is 0.0589. The Morgan fingerprint density at radius 3 is 2.76 bits per heavy atom. The molecule has 2 aromatic rings. The number of morpholine rings is 1. The van der Waals surface area contributed by atoms with E-state index in [4.69, 9.17) is 4.74 Å². The minimum absolute atomic E-state index is 0.0589. The number of nitrogens with zero attached hydrogens (tertiary/aromatic N) is 4. The minimum Gasteiger partial charge on any atom is -0.369 e. The summed E-state index contributed by atoms with van der Waals surface area (Å²) in [7, 11) is 0. The number of pyridine rings is 2. The smallest absolute Gasteiger partial charge is 0.254 e. The van der Waals surface area contributed by atoms with Gasteiger partial charge in [0.2, 0.25) is 0 Å². The number of carbonyl (C=O) groups is 1. The second-order valence-electron chi connectivity index (χ2n) is 6.73. The van der Waals surface area contributed by atoms with Crippen LogP contribution in [-0.4, -0.2) is 59.2 Å². The fourth-order valence-electron chi connectivity index (χ4n) is 3.80. The Labute approximate surface area is 147 Å². The lowest BCUT2D eigenvalue weighted by Crippen LogP contribution is -2.60. The molecule has 1 atom stereocenters. The van der Waals surface area contributed by atoms with Crippen LogP contribution in [0.1, 0.15) is 23.2 Å². The van der Waals surface area contributed by atoms with Gasteiger partial charge in [-0.1, -0.05) is 0 Å². The third-order valence-corrected chi connectivity index (χ3v) is 5.01. The van der Waals surface area contributed by atoms with E-state index in [1.165, 1.54) is 0 Å². The van der Waals surface area contributed by atoms with Gasteiger partial charge in [-0.15, -0.1) is 0 Å². The number of aromatic nitrogens is 2. The lowest BCUT2D eigenvalue weighted by atomic mass is 9.90. The highest BCUT2D eigenvalue weighted by molar-refractivity contribution is 5.94. The van der Waals surface area contributed by atoms with E-state index in [0.29, 0.717) is 25.3 Å². The second kappa shape index (κ2) is 6.80. The molecule has 1 spiro atoms. The molecule has 2 fully saturated rings. The Hall–Kier alpha value is -2.47. The van der Waals surface area contributed by atoms with Crippen LogP contribution in [0.15, 0.2) is 49.1 Å². The van der Waals surface area contributed by atoms with E-state index in [-0.39, 0.29) is 11.5 Å². The number of piperidine rings is 1. The Morgan fingerprint density at radius 1 is 1.08 bits per heavy atom. The van der Waals surface area contributed by atoms with Gasteiger partial charge < -0.3 is 14.5 Å². The van der Waals surface area contributed by atoms with Crippen molar-refractivity contribution in [1.29, 1.82) is 0 Å². The molecule has 0 radical (unpaired) electrons. The first-order chi connectivity index (χ1) is 12.3. The summed E-state index contributed by atoms with van der Waals surface area (Å²) in [4.78, 5) is 25.2. The lowest BCUT2D eigenvalue weighted by Gasteiger charge is -2.48. The molecule has 4 heterocycles. The molecule has 2 saturated heterocycles. The third-order valence-electron chi connectivity index (χ3n) is 5.01. The lowest BCUT2D eigenvalue weighted by molar-refractivity contribution is -0.105. The quantitative estimate of drug-likeness (QED) is 0.838. The van der Waals surface area contributed by atoms with Crippen molar-refractivity contribution in [2.75, 3.05) is 37.7 Å². The molecule has 2 aliphatic rings. The van der Waals surface area contributed by atoms with Gasteiger partial charge in [0.15, 0.2) is 0 Å². The molecule has 6 nitrogen and oxygen atoms in total. The zero-order valence-electron chi connectivity index (χ0n) is 14.2. The minimum atomic E-state index is -0.297. The molecule has 0 aromatic carbocycles. The normalized spacial score (nSPS) is 23.7. The van der Waals surface area contributed by atoms with Crippen LogP contribution in [0.3, 0.4) is 0 Å². The van der Waals surface area contributed by atoms with Crippen LogP contribution < -0.4 is 4.90 Å². The van der Waals surface area contributed by atoms with Crippen LogP contribution in [0.2, 0.25) is 0 Å². The van der Waals surface area contributed by atoms with Crippen LogP contribution in [0, 0.1) is 0 Å². The van der Waals surface area contributed by atoms with Crippen molar-refractivity contribution in [3.63, 3.8) is 0 Å². The predicted molar refractivity (Wildman–Crippen MR) is 94.5 cm³/mol. The Morgan fingerprint density at radius 2 is 1.96 bits per heavy atom. The van der Waals surface area contributed by atoms with E-state index < -0.39 is 0 Å². The molecular weight excluding hydrogens is 316 g/mol. The molecule has 1 amide bonds. The zero-order chi connectivity index (χ0) is 17.1. The molecule has 130 valence electrons. The van der Waals surface area contributed by atoms with Gasteiger partial charge in [0.25, 0.3) is 5.91 Å². The van der Waals surface area contributed by atoms with Gasteiger partial charge in [0.1, 0.15) is 5.60 Å². The first kappa shape index (κ1) is 16.0. The maximum absolute atomic E-state index is 12.8. The summed E-state index contributed by atoms with van der Waals surface area (Å²) < 4.78 is 6.21. The zero-order valence-corrected chi connectivity index (χ0v) is 14.2. The predicted octanol–water partition coefficient (Wildman–Crippen LogP) is 1.99. The van der Waals surface area contributed by atoms with Crippen LogP contribution in [0.5, 0.6) is 0 Å². The second-order valence-corrected chi connectivity index (χ2v) is 6.73. The highest BCUT2D eigenvalue weighted by atomic mass is 16.5. The van der Waals surface area contributed by atoms with E-state index in [1.54, 1.807) is 30.7 Å². The van der Waals surface area contributed by atoms with E-state index in [0.717, 1.165) is 31.6 Å². The van der Waals surface area contributed by atoms with Crippen LogP contribution in [0.25, 0.3) is 0 Å². The molecule has 0 unspecified atom stereocenters. The van der Waals surface area contributed by atoms with E-state index in [2.05, 4.69) is 20.9 Å². The van der Waals surface area contributed by atoms with Gasteiger partial charge in [-0.2, -0.15) is 0 Å². The third kappa shape index (κ3) is 3.35. The average molecular weight is 338 g/mol. The molecule has 2 aliphatic heterocycles. The van der Waals surface area contributed by atoms with Crippen molar-refractivity contribution < 1.29 is 9.53 Å². The SMILES string of the molecule is O=C(c1ccncc1)N1CCO[C@@]2(CCCN(c3cccnc3)C2)C1. The van der Waals surface area contributed by atoms with Crippen LogP contribution >= 0.6 is 0 Å². The number of anilines is 1. The number of rotatable bonds is 2. The molecule has 6 heteroatoms. The van der Waals surface area contributed by atoms with Gasteiger partial charge in [-0.3, -0.25) is 14.8 Å². The van der Waals surface area contributed by atoms with Crippen LogP contribution in [-0.2, 0) is 4.74 Å². The topological polar surface area (TPSA) is 58.6 Å². The van der Waals surface area contributed by atoms with Crippen molar-refractivity contribution in [2.45, 2.75) is 18.4 Å². The fraction of sp³-hybridized carbons (Fsp3) is 0.421. The number of hydrogen-bond donors (Lipinski definition) is 0. The Bertz CT molecular complexity index is 721. The maximum atomic E-state index is 12.8. The molecule has 4 rings (SSSR count).